The summed E-state index contributed by atoms with van der Waals surface area (Å²) in [5, 5.41) is 10.3. The SMILES string of the molecule is [N-]=[N+]=N[C@@H]1CC[C@@H](CN(Cc2ccccc2)C(=O)OCc2ccccc2)O[C@@H]1O[C@@H]1[C@@H](NC(=O)OCc2ccccc2)[C@H](OCc2ccccc2)[C@@H](NC(=O)OCc2ccccc2)[C@@H]2OC3(CCCCC3)O[C@@H]12. The molecule has 0 bridgehead atoms. The maximum atomic E-state index is 14.2. The van der Waals surface area contributed by atoms with Crippen LogP contribution in [0.25, 0.3) is 10.4 Å². The van der Waals surface area contributed by atoms with Gasteiger partial charge in [-0.15, -0.1) is 0 Å². The van der Waals surface area contributed by atoms with Crippen molar-refractivity contribution < 1.29 is 52.3 Å². The maximum Gasteiger partial charge on any atom is 0.410 e. The van der Waals surface area contributed by atoms with Crippen LogP contribution in [-0.2, 0) is 70.9 Å². The van der Waals surface area contributed by atoms with Gasteiger partial charge in [0.05, 0.1) is 37.4 Å². The van der Waals surface area contributed by atoms with Crippen LogP contribution in [0.3, 0.4) is 0 Å². The fraction of sp³-hybridized carbons (Fsp3) is 0.411. The summed E-state index contributed by atoms with van der Waals surface area (Å²) >= 11 is 0. The molecular weight excluding hydrogens is 933 g/mol. The first-order chi connectivity index (χ1) is 35.8. The van der Waals surface area contributed by atoms with E-state index in [1.165, 1.54) is 0 Å². The van der Waals surface area contributed by atoms with Crippen LogP contribution in [0.1, 0.15) is 72.8 Å². The van der Waals surface area contributed by atoms with Crippen molar-refractivity contribution in [2.24, 2.45) is 5.11 Å². The lowest BCUT2D eigenvalue weighted by Crippen LogP contribution is -2.73. The molecule has 17 heteroatoms. The minimum absolute atomic E-state index is 0.00193. The zero-order chi connectivity index (χ0) is 50.2. The molecule has 2 saturated heterocycles. The number of benzene rings is 5. The molecule has 2 aliphatic heterocycles. The van der Waals surface area contributed by atoms with E-state index in [-0.39, 0.29) is 39.5 Å². The number of carbonyl (C=O) groups excluding carboxylic acids is 3. The number of rotatable bonds is 18. The molecular formula is C56H62N6O11. The quantitative estimate of drug-likeness (QED) is 0.0366. The monoisotopic (exact) mass is 994 g/mol. The molecule has 2 saturated carbocycles. The third kappa shape index (κ3) is 13.8. The molecule has 2 N–H and O–H groups in total. The first kappa shape index (κ1) is 50.9. The third-order valence-electron chi connectivity index (χ3n) is 13.7. The molecule has 4 aliphatic rings. The average molecular weight is 995 g/mol. The summed E-state index contributed by atoms with van der Waals surface area (Å²) in [6.07, 6.45) is -3.37. The summed E-state index contributed by atoms with van der Waals surface area (Å²) in [6, 6.07) is 44.2. The number of nitrogens with zero attached hydrogens (tertiary/aromatic N) is 4. The first-order valence-electron chi connectivity index (χ1n) is 25.1. The molecule has 382 valence electrons. The van der Waals surface area contributed by atoms with Gasteiger partial charge in [0, 0.05) is 24.3 Å². The largest absolute Gasteiger partial charge is 0.445 e. The van der Waals surface area contributed by atoms with Gasteiger partial charge in [0.1, 0.15) is 44.2 Å². The molecule has 2 heterocycles. The van der Waals surface area contributed by atoms with Gasteiger partial charge < -0.3 is 53.4 Å². The second-order valence-electron chi connectivity index (χ2n) is 18.8. The topological polar surface area (TPSA) is 201 Å². The van der Waals surface area contributed by atoms with E-state index in [1.54, 1.807) is 4.90 Å². The van der Waals surface area contributed by atoms with E-state index in [4.69, 9.17) is 37.9 Å². The number of hydrogen-bond donors (Lipinski definition) is 2. The number of fused-ring (bicyclic) bond motifs is 1. The Kier molecular flexibility index (Phi) is 17.5. The standard InChI is InChI=1S/C56H62N6O11/c57-61-60-45-30-29-44(34-62(33-39-19-7-1-8-20-39)55(65)69-38-43-27-15-5-16-28-43)70-52(45)71-49-46(58-53(63)67-36-41-23-11-3-12-24-41)48(66-35-40-21-9-2-10-22-40)47(59-54(64)68-37-42-25-13-4-14-26-42)50-51(49)73-56(72-50)31-17-6-18-32-56/h1-5,7-16,19-28,44-52H,6,17-18,29-38H2,(H,58,63)(H,59,64)/t44-,45+,46-,47+,48-,49+,50-,51-,52+/m0/s1. The predicted octanol–water partition coefficient (Wildman–Crippen LogP) is 10.0. The molecule has 0 aromatic heterocycles. The Hall–Kier alpha value is -6.98. The highest BCUT2D eigenvalue weighted by Gasteiger charge is 2.63. The lowest BCUT2D eigenvalue weighted by Gasteiger charge is -2.48. The fourth-order valence-electron chi connectivity index (χ4n) is 10.1. The van der Waals surface area contributed by atoms with Crippen LogP contribution in [0.15, 0.2) is 157 Å². The highest BCUT2D eigenvalue weighted by Crippen LogP contribution is 2.47. The predicted molar refractivity (Wildman–Crippen MR) is 267 cm³/mol. The minimum Gasteiger partial charge on any atom is -0.445 e. The Balaban J connectivity index is 1.05. The van der Waals surface area contributed by atoms with Gasteiger partial charge in [0.2, 0.25) is 0 Å². The smallest absolute Gasteiger partial charge is 0.410 e. The number of ether oxygens (including phenoxy) is 8. The molecule has 3 amide bonds. The third-order valence-corrected chi connectivity index (χ3v) is 13.7. The summed E-state index contributed by atoms with van der Waals surface area (Å²) in [4.78, 5) is 47.0. The van der Waals surface area contributed by atoms with Crippen LogP contribution in [0, 0.1) is 0 Å². The Morgan fingerprint density at radius 2 is 1.10 bits per heavy atom. The Bertz CT molecular complexity index is 2570. The van der Waals surface area contributed by atoms with E-state index in [2.05, 4.69) is 20.7 Å². The zero-order valence-corrected chi connectivity index (χ0v) is 40.6. The molecule has 1 spiro atoms. The molecule has 17 nitrogen and oxygen atoms in total. The number of amides is 3. The molecule has 5 aromatic carbocycles. The van der Waals surface area contributed by atoms with Crippen molar-refractivity contribution in [1.29, 1.82) is 0 Å². The van der Waals surface area contributed by atoms with Crippen LogP contribution >= 0.6 is 0 Å². The van der Waals surface area contributed by atoms with Crippen molar-refractivity contribution >= 4 is 18.3 Å². The summed E-state index contributed by atoms with van der Waals surface area (Å²) in [5.41, 5.74) is 14.0. The summed E-state index contributed by atoms with van der Waals surface area (Å²) in [7, 11) is 0. The fourth-order valence-corrected chi connectivity index (χ4v) is 10.1. The summed E-state index contributed by atoms with van der Waals surface area (Å²) < 4.78 is 52.4. The van der Waals surface area contributed by atoms with Gasteiger partial charge in [-0.2, -0.15) is 0 Å². The van der Waals surface area contributed by atoms with Gasteiger partial charge in [0.15, 0.2) is 12.1 Å². The van der Waals surface area contributed by atoms with Crippen molar-refractivity contribution in [1.82, 2.24) is 15.5 Å². The molecule has 0 radical (unpaired) electrons. The van der Waals surface area contributed by atoms with Gasteiger partial charge in [-0.25, -0.2) is 14.4 Å². The summed E-state index contributed by atoms with van der Waals surface area (Å²) in [6.45, 7) is 0.444. The normalized spacial score (nSPS) is 25.0. The van der Waals surface area contributed by atoms with Gasteiger partial charge in [-0.05, 0) is 59.0 Å². The van der Waals surface area contributed by atoms with Crippen molar-refractivity contribution in [3.63, 3.8) is 0 Å². The van der Waals surface area contributed by atoms with Gasteiger partial charge >= 0.3 is 18.3 Å². The number of azide groups is 1. The van der Waals surface area contributed by atoms with E-state index in [9.17, 15) is 19.9 Å². The molecule has 4 fully saturated rings. The van der Waals surface area contributed by atoms with Crippen LogP contribution in [-0.4, -0.2) is 90.4 Å². The van der Waals surface area contributed by atoms with Crippen molar-refractivity contribution in [2.45, 2.75) is 139 Å². The molecule has 2 aliphatic carbocycles. The molecule has 0 unspecified atom stereocenters. The van der Waals surface area contributed by atoms with Crippen molar-refractivity contribution in [3.8, 4) is 0 Å². The maximum absolute atomic E-state index is 14.2. The lowest BCUT2D eigenvalue weighted by atomic mass is 9.81. The molecule has 9 atom stereocenters. The highest BCUT2D eigenvalue weighted by molar-refractivity contribution is 5.69. The summed E-state index contributed by atoms with van der Waals surface area (Å²) in [5.74, 6) is -1.05. The van der Waals surface area contributed by atoms with E-state index in [1.807, 2.05) is 152 Å². The van der Waals surface area contributed by atoms with E-state index in [0.29, 0.717) is 25.7 Å². The van der Waals surface area contributed by atoms with Crippen LogP contribution < -0.4 is 10.6 Å². The minimum atomic E-state index is -1.22. The second-order valence-corrected chi connectivity index (χ2v) is 18.8. The number of alkyl carbamates (subject to hydrolysis) is 2. The van der Waals surface area contributed by atoms with Crippen LogP contribution in [0.2, 0.25) is 0 Å². The molecule has 9 rings (SSSR count). The van der Waals surface area contributed by atoms with E-state index >= 15 is 0 Å². The number of nitrogens with one attached hydrogen (secondary N) is 2. The van der Waals surface area contributed by atoms with E-state index in [0.717, 1.165) is 47.1 Å². The lowest BCUT2D eigenvalue weighted by molar-refractivity contribution is -0.263. The van der Waals surface area contributed by atoms with Crippen molar-refractivity contribution in [2.75, 3.05) is 6.54 Å². The average Bonchev–Trinajstić information content (AvgIpc) is 3.79. The second kappa shape index (κ2) is 25.1. The van der Waals surface area contributed by atoms with E-state index < -0.39 is 79.0 Å². The Morgan fingerprint density at radius 3 is 1.64 bits per heavy atom. The van der Waals surface area contributed by atoms with Gasteiger partial charge in [0.25, 0.3) is 0 Å². The zero-order valence-electron chi connectivity index (χ0n) is 40.6. The van der Waals surface area contributed by atoms with Gasteiger partial charge in [-0.3, -0.25) is 0 Å². The first-order valence-corrected chi connectivity index (χ1v) is 25.1. The Labute approximate surface area is 425 Å². The Morgan fingerprint density at radius 1 is 0.603 bits per heavy atom. The number of hydrogen-bond acceptors (Lipinski definition) is 12. The van der Waals surface area contributed by atoms with Crippen LogP contribution in [0.5, 0.6) is 0 Å². The highest BCUT2D eigenvalue weighted by atomic mass is 16.8. The molecule has 73 heavy (non-hydrogen) atoms. The van der Waals surface area contributed by atoms with Crippen LogP contribution in [0.4, 0.5) is 14.4 Å². The van der Waals surface area contributed by atoms with Gasteiger partial charge in [-0.1, -0.05) is 163 Å². The van der Waals surface area contributed by atoms with Crippen molar-refractivity contribution in [3.05, 3.63) is 190 Å². The molecule has 5 aromatic rings. The number of carbonyl (C=O) groups is 3.